The molecule has 0 bridgehead atoms. The van der Waals surface area contributed by atoms with Crippen molar-refractivity contribution in [1.29, 1.82) is 0 Å². The number of nitrogens with zero attached hydrogens (tertiary/aromatic N) is 2. The van der Waals surface area contributed by atoms with Crippen molar-refractivity contribution in [2.75, 3.05) is 18.4 Å². The van der Waals surface area contributed by atoms with Gasteiger partial charge in [0.25, 0.3) is 5.91 Å². The number of halogens is 3. The predicted molar refractivity (Wildman–Crippen MR) is 108 cm³/mol. The SMILES string of the molecule is O=C(NCC1CCCCCN1)c1ccc(Nc2ncccn2)cc1.O=C(O)C(F)(F)F. The molecular weight excluding hydrogens is 415 g/mol. The minimum absolute atomic E-state index is 0.0384. The Labute approximate surface area is 177 Å². The van der Waals surface area contributed by atoms with Crippen LogP contribution in [0.3, 0.4) is 0 Å². The Morgan fingerprint density at radius 1 is 1.10 bits per heavy atom. The summed E-state index contributed by atoms with van der Waals surface area (Å²) < 4.78 is 31.7. The lowest BCUT2D eigenvalue weighted by Gasteiger charge is -2.16. The number of carbonyl (C=O) groups excluding carboxylic acids is 1. The van der Waals surface area contributed by atoms with Crippen molar-refractivity contribution in [3.63, 3.8) is 0 Å². The molecule has 2 heterocycles. The molecule has 2 aromatic rings. The Morgan fingerprint density at radius 3 is 2.35 bits per heavy atom. The number of carbonyl (C=O) groups is 2. The summed E-state index contributed by atoms with van der Waals surface area (Å²) in [6.45, 7) is 1.72. The average molecular weight is 439 g/mol. The van der Waals surface area contributed by atoms with E-state index in [1.54, 1.807) is 30.6 Å². The van der Waals surface area contributed by atoms with Gasteiger partial charge in [-0.05, 0) is 49.7 Å². The van der Waals surface area contributed by atoms with Crippen LogP contribution in [0, 0.1) is 0 Å². The summed E-state index contributed by atoms with van der Waals surface area (Å²) in [5.74, 6) is -2.26. The minimum Gasteiger partial charge on any atom is -0.475 e. The van der Waals surface area contributed by atoms with Crippen LogP contribution in [-0.2, 0) is 4.79 Å². The van der Waals surface area contributed by atoms with Gasteiger partial charge >= 0.3 is 12.1 Å². The Morgan fingerprint density at radius 2 is 1.74 bits per heavy atom. The Balaban J connectivity index is 0.000000423. The highest BCUT2D eigenvalue weighted by atomic mass is 19.4. The van der Waals surface area contributed by atoms with E-state index in [4.69, 9.17) is 9.90 Å². The van der Waals surface area contributed by atoms with Gasteiger partial charge in [0.15, 0.2) is 0 Å². The molecule has 1 atom stereocenters. The monoisotopic (exact) mass is 439 g/mol. The van der Waals surface area contributed by atoms with Crippen molar-refractivity contribution < 1.29 is 27.9 Å². The molecule has 4 N–H and O–H groups in total. The van der Waals surface area contributed by atoms with Crippen LogP contribution in [0.25, 0.3) is 0 Å². The number of aromatic nitrogens is 2. The lowest BCUT2D eigenvalue weighted by molar-refractivity contribution is -0.192. The van der Waals surface area contributed by atoms with E-state index < -0.39 is 12.1 Å². The highest BCUT2D eigenvalue weighted by Gasteiger charge is 2.38. The van der Waals surface area contributed by atoms with Crippen LogP contribution >= 0.6 is 0 Å². The molecule has 8 nitrogen and oxygen atoms in total. The summed E-state index contributed by atoms with van der Waals surface area (Å²) in [6.07, 6.45) is 3.13. The third kappa shape index (κ3) is 8.99. The number of rotatable bonds is 5. The van der Waals surface area contributed by atoms with Gasteiger partial charge in [-0.3, -0.25) is 4.79 Å². The number of hydrogen-bond donors (Lipinski definition) is 4. The zero-order valence-corrected chi connectivity index (χ0v) is 16.7. The predicted octanol–water partition coefficient (Wildman–Crippen LogP) is 3.12. The molecule has 1 fully saturated rings. The zero-order chi connectivity index (χ0) is 22.7. The smallest absolute Gasteiger partial charge is 0.475 e. The first-order chi connectivity index (χ1) is 14.8. The fourth-order valence-electron chi connectivity index (χ4n) is 2.79. The van der Waals surface area contributed by atoms with E-state index in [0.717, 1.165) is 18.7 Å². The van der Waals surface area contributed by atoms with Gasteiger partial charge in [0, 0.05) is 36.2 Å². The van der Waals surface area contributed by atoms with Crippen molar-refractivity contribution in [2.45, 2.75) is 37.9 Å². The van der Waals surface area contributed by atoms with E-state index in [1.165, 1.54) is 19.3 Å². The van der Waals surface area contributed by atoms with Gasteiger partial charge in [0.1, 0.15) is 0 Å². The standard InChI is InChI=1S/C18H23N5O.C2HF3O2/c24-17(22-13-16-5-2-1-3-10-19-16)14-6-8-15(9-7-14)23-18-20-11-4-12-21-18;3-2(4,5)1(6)7/h4,6-9,11-12,16,19H,1-3,5,10,13H2,(H,22,24)(H,20,21,23);(H,6,7). The number of carboxylic acids is 1. The molecule has 1 amide bonds. The first-order valence-electron chi connectivity index (χ1n) is 9.71. The summed E-state index contributed by atoms with van der Waals surface area (Å²) in [7, 11) is 0. The third-order valence-electron chi connectivity index (χ3n) is 4.38. The minimum atomic E-state index is -5.08. The van der Waals surface area contributed by atoms with Gasteiger partial charge in [-0.1, -0.05) is 12.8 Å². The summed E-state index contributed by atoms with van der Waals surface area (Å²) >= 11 is 0. The number of amides is 1. The van der Waals surface area contributed by atoms with E-state index >= 15 is 0 Å². The normalized spacial score (nSPS) is 16.3. The molecule has 1 aromatic carbocycles. The van der Waals surface area contributed by atoms with Crippen molar-refractivity contribution >= 4 is 23.5 Å². The summed E-state index contributed by atoms with van der Waals surface area (Å²) in [5, 5.41) is 16.7. The molecule has 1 aliphatic rings. The van der Waals surface area contributed by atoms with Gasteiger partial charge < -0.3 is 21.1 Å². The fraction of sp³-hybridized carbons (Fsp3) is 0.400. The number of anilines is 2. The van der Waals surface area contributed by atoms with Gasteiger partial charge in [-0.15, -0.1) is 0 Å². The number of hydrogen-bond acceptors (Lipinski definition) is 6. The summed E-state index contributed by atoms with van der Waals surface area (Å²) in [4.78, 5) is 29.4. The number of aliphatic carboxylic acids is 1. The Hall–Kier alpha value is -3.21. The van der Waals surface area contributed by atoms with Gasteiger partial charge in [-0.25, -0.2) is 14.8 Å². The number of alkyl halides is 3. The van der Waals surface area contributed by atoms with E-state index in [0.29, 0.717) is 24.1 Å². The average Bonchev–Trinajstić information content (AvgIpc) is 3.02. The third-order valence-corrected chi connectivity index (χ3v) is 4.38. The van der Waals surface area contributed by atoms with Crippen LogP contribution in [0.15, 0.2) is 42.7 Å². The highest BCUT2D eigenvalue weighted by molar-refractivity contribution is 5.94. The van der Waals surface area contributed by atoms with E-state index in [9.17, 15) is 18.0 Å². The van der Waals surface area contributed by atoms with Crippen LogP contribution in [0.4, 0.5) is 24.8 Å². The van der Waals surface area contributed by atoms with Crippen molar-refractivity contribution in [2.24, 2.45) is 0 Å². The quantitative estimate of drug-likeness (QED) is 0.566. The molecular formula is C20H24F3N5O3. The fourth-order valence-corrected chi connectivity index (χ4v) is 2.79. The summed E-state index contributed by atoms with van der Waals surface area (Å²) in [6, 6.07) is 9.47. The molecule has 0 radical (unpaired) electrons. The molecule has 0 aliphatic carbocycles. The second-order valence-electron chi connectivity index (χ2n) is 6.79. The second-order valence-corrected chi connectivity index (χ2v) is 6.79. The van der Waals surface area contributed by atoms with Crippen LogP contribution in [-0.4, -0.2) is 52.3 Å². The lowest BCUT2D eigenvalue weighted by atomic mass is 10.1. The zero-order valence-electron chi connectivity index (χ0n) is 16.7. The molecule has 3 rings (SSSR count). The maximum absolute atomic E-state index is 12.3. The molecule has 0 saturated carbocycles. The Bertz CT molecular complexity index is 824. The number of benzene rings is 1. The maximum Gasteiger partial charge on any atom is 0.490 e. The number of carboxylic acid groups (broad SMARTS) is 1. The molecule has 0 spiro atoms. The lowest BCUT2D eigenvalue weighted by Crippen LogP contribution is -2.40. The molecule has 11 heteroatoms. The molecule has 1 saturated heterocycles. The van der Waals surface area contributed by atoms with E-state index in [2.05, 4.69) is 25.9 Å². The Kier molecular flexibility index (Phi) is 9.19. The summed E-state index contributed by atoms with van der Waals surface area (Å²) in [5.41, 5.74) is 1.51. The van der Waals surface area contributed by atoms with Crippen molar-refractivity contribution in [3.05, 3.63) is 48.3 Å². The number of nitrogens with one attached hydrogen (secondary N) is 3. The second kappa shape index (κ2) is 11.8. The van der Waals surface area contributed by atoms with Crippen LogP contribution < -0.4 is 16.0 Å². The van der Waals surface area contributed by atoms with Crippen LogP contribution in [0.1, 0.15) is 36.0 Å². The van der Waals surface area contributed by atoms with Crippen LogP contribution in [0.2, 0.25) is 0 Å². The van der Waals surface area contributed by atoms with Gasteiger partial charge in [-0.2, -0.15) is 13.2 Å². The van der Waals surface area contributed by atoms with Crippen molar-refractivity contribution in [1.82, 2.24) is 20.6 Å². The largest absolute Gasteiger partial charge is 0.490 e. The van der Waals surface area contributed by atoms with Crippen molar-refractivity contribution in [3.8, 4) is 0 Å². The first kappa shape index (κ1) is 24.1. The maximum atomic E-state index is 12.3. The van der Waals surface area contributed by atoms with E-state index in [-0.39, 0.29) is 5.91 Å². The topological polar surface area (TPSA) is 116 Å². The van der Waals surface area contributed by atoms with Gasteiger partial charge in [0.2, 0.25) is 5.95 Å². The molecule has 1 aromatic heterocycles. The first-order valence-corrected chi connectivity index (χ1v) is 9.71. The van der Waals surface area contributed by atoms with Gasteiger partial charge in [0.05, 0.1) is 0 Å². The molecule has 1 unspecified atom stereocenters. The van der Waals surface area contributed by atoms with Crippen LogP contribution in [0.5, 0.6) is 0 Å². The molecule has 31 heavy (non-hydrogen) atoms. The molecule has 1 aliphatic heterocycles. The highest BCUT2D eigenvalue weighted by Crippen LogP contribution is 2.14. The molecule has 168 valence electrons. The van der Waals surface area contributed by atoms with E-state index in [1.807, 2.05) is 12.1 Å².